The van der Waals surface area contributed by atoms with Gasteiger partial charge in [0.25, 0.3) is 5.91 Å². The van der Waals surface area contributed by atoms with Crippen LogP contribution in [0.3, 0.4) is 0 Å². The highest BCUT2D eigenvalue weighted by molar-refractivity contribution is 6.30. The minimum Gasteiger partial charge on any atom is -0.391 e. The molecule has 6 heteroatoms. The Morgan fingerprint density at radius 1 is 1.47 bits per heavy atom. The second kappa shape index (κ2) is 6.04. The maximum Gasteiger partial charge on any atom is 0.251 e. The highest BCUT2D eigenvalue weighted by Gasteiger charge is 2.24. The topological polar surface area (TPSA) is 69.6 Å². The number of carbonyl (C=O) groups is 2. The van der Waals surface area contributed by atoms with Crippen molar-refractivity contribution in [2.24, 2.45) is 0 Å². The van der Waals surface area contributed by atoms with Crippen molar-refractivity contribution in [3.8, 4) is 0 Å². The molecule has 0 saturated carbocycles. The third-order valence-corrected chi connectivity index (χ3v) is 3.24. The van der Waals surface area contributed by atoms with Crippen LogP contribution in [0, 0.1) is 0 Å². The van der Waals surface area contributed by atoms with Crippen LogP contribution >= 0.6 is 11.6 Å². The van der Waals surface area contributed by atoms with E-state index in [-0.39, 0.29) is 18.4 Å². The van der Waals surface area contributed by atoms with Crippen molar-refractivity contribution in [3.63, 3.8) is 0 Å². The Balaban J connectivity index is 1.85. The van der Waals surface area contributed by atoms with E-state index in [0.29, 0.717) is 30.1 Å². The molecule has 0 aliphatic carbocycles. The van der Waals surface area contributed by atoms with Crippen LogP contribution in [-0.4, -0.2) is 47.6 Å². The van der Waals surface area contributed by atoms with Gasteiger partial charge in [-0.1, -0.05) is 17.7 Å². The summed E-state index contributed by atoms with van der Waals surface area (Å²) >= 11 is 5.79. The lowest BCUT2D eigenvalue weighted by molar-refractivity contribution is -0.129. The Kier molecular flexibility index (Phi) is 4.39. The molecular formula is C13H15ClN2O3. The molecule has 1 unspecified atom stereocenters. The van der Waals surface area contributed by atoms with Gasteiger partial charge in [-0.15, -0.1) is 0 Å². The third kappa shape index (κ3) is 3.68. The summed E-state index contributed by atoms with van der Waals surface area (Å²) in [5.41, 5.74) is 0.418. The van der Waals surface area contributed by atoms with Gasteiger partial charge in [-0.25, -0.2) is 0 Å². The van der Waals surface area contributed by atoms with Gasteiger partial charge in [-0.2, -0.15) is 0 Å². The van der Waals surface area contributed by atoms with E-state index >= 15 is 0 Å². The number of nitrogens with zero attached hydrogens (tertiary/aromatic N) is 1. The largest absolute Gasteiger partial charge is 0.391 e. The number of benzene rings is 1. The van der Waals surface area contributed by atoms with Crippen LogP contribution in [0.2, 0.25) is 5.02 Å². The molecule has 1 aliphatic rings. The summed E-state index contributed by atoms with van der Waals surface area (Å²) in [5, 5.41) is 12.4. The maximum absolute atomic E-state index is 11.8. The Bertz CT molecular complexity index is 493. The van der Waals surface area contributed by atoms with E-state index in [1.165, 1.54) is 0 Å². The molecule has 0 bridgehead atoms. The number of hydrogen-bond acceptors (Lipinski definition) is 3. The normalized spacial score (nSPS) is 18.4. The highest BCUT2D eigenvalue weighted by Crippen LogP contribution is 2.11. The number of amides is 2. The second-order valence-corrected chi connectivity index (χ2v) is 4.91. The van der Waals surface area contributed by atoms with E-state index in [0.717, 1.165) is 0 Å². The molecule has 1 heterocycles. The standard InChI is InChI=1S/C13H15ClN2O3/c14-10-3-1-2-9(6-10)13(19)15-7-12(18)16-5-4-11(17)8-16/h1-3,6,11,17H,4-5,7-8H2,(H,15,19). The number of nitrogens with one attached hydrogen (secondary N) is 1. The van der Waals surface area contributed by atoms with Gasteiger partial charge in [0.15, 0.2) is 0 Å². The van der Waals surface area contributed by atoms with Gasteiger partial charge in [-0.05, 0) is 24.6 Å². The van der Waals surface area contributed by atoms with Crippen molar-refractivity contribution < 1.29 is 14.7 Å². The van der Waals surface area contributed by atoms with Crippen LogP contribution in [0.5, 0.6) is 0 Å². The zero-order valence-corrected chi connectivity index (χ0v) is 11.1. The highest BCUT2D eigenvalue weighted by atomic mass is 35.5. The number of β-amino-alcohol motifs (C(OH)–C–C–N with tert-alkyl or cyclic N) is 1. The number of rotatable bonds is 3. The van der Waals surface area contributed by atoms with Crippen LogP contribution in [0.1, 0.15) is 16.8 Å². The molecule has 0 aromatic heterocycles. The third-order valence-electron chi connectivity index (χ3n) is 3.00. The van der Waals surface area contributed by atoms with Crippen LogP contribution < -0.4 is 5.32 Å². The van der Waals surface area contributed by atoms with Gasteiger partial charge >= 0.3 is 0 Å². The molecule has 1 aromatic rings. The lowest BCUT2D eigenvalue weighted by Gasteiger charge is -2.15. The van der Waals surface area contributed by atoms with E-state index in [4.69, 9.17) is 11.6 Å². The predicted octanol–water partition coefficient (Wildman–Crippen LogP) is 0.663. The molecule has 0 radical (unpaired) electrons. The van der Waals surface area contributed by atoms with Gasteiger partial charge in [0, 0.05) is 23.7 Å². The van der Waals surface area contributed by atoms with Crippen molar-refractivity contribution in [2.45, 2.75) is 12.5 Å². The lowest BCUT2D eigenvalue weighted by Crippen LogP contribution is -2.39. The molecule has 1 aromatic carbocycles. The first kappa shape index (κ1) is 13.8. The Hall–Kier alpha value is -1.59. The summed E-state index contributed by atoms with van der Waals surface area (Å²) in [6.45, 7) is 0.803. The smallest absolute Gasteiger partial charge is 0.251 e. The first-order valence-corrected chi connectivity index (χ1v) is 6.43. The Morgan fingerprint density at radius 2 is 2.26 bits per heavy atom. The molecular weight excluding hydrogens is 268 g/mol. The summed E-state index contributed by atoms with van der Waals surface area (Å²) in [6.07, 6.45) is 0.140. The number of aliphatic hydroxyl groups excluding tert-OH is 1. The molecule has 2 rings (SSSR count). The average molecular weight is 283 g/mol. The number of halogens is 1. The van der Waals surface area contributed by atoms with Crippen LogP contribution in [0.4, 0.5) is 0 Å². The predicted molar refractivity (Wildman–Crippen MR) is 71.0 cm³/mol. The van der Waals surface area contributed by atoms with Crippen molar-refractivity contribution in [1.82, 2.24) is 10.2 Å². The molecule has 102 valence electrons. The van der Waals surface area contributed by atoms with Gasteiger partial charge in [0.05, 0.1) is 12.6 Å². The Labute approximate surface area is 116 Å². The molecule has 1 atom stereocenters. The summed E-state index contributed by atoms with van der Waals surface area (Å²) in [7, 11) is 0. The molecule has 1 aliphatic heterocycles. The van der Waals surface area contributed by atoms with Gasteiger partial charge < -0.3 is 15.3 Å². The summed E-state index contributed by atoms with van der Waals surface area (Å²) in [6, 6.07) is 6.53. The van der Waals surface area contributed by atoms with E-state index in [2.05, 4.69) is 5.32 Å². The van der Waals surface area contributed by atoms with Crippen molar-refractivity contribution in [2.75, 3.05) is 19.6 Å². The van der Waals surface area contributed by atoms with Crippen LogP contribution in [0.25, 0.3) is 0 Å². The zero-order chi connectivity index (χ0) is 13.8. The molecule has 19 heavy (non-hydrogen) atoms. The fraction of sp³-hybridized carbons (Fsp3) is 0.385. The second-order valence-electron chi connectivity index (χ2n) is 4.48. The summed E-state index contributed by atoms with van der Waals surface area (Å²) < 4.78 is 0. The van der Waals surface area contributed by atoms with Crippen molar-refractivity contribution in [3.05, 3.63) is 34.9 Å². The first-order chi connectivity index (χ1) is 9.06. The fourth-order valence-corrected chi connectivity index (χ4v) is 2.16. The van der Waals surface area contributed by atoms with E-state index in [1.54, 1.807) is 29.2 Å². The number of carbonyl (C=O) groups excluding carboxylic acids is 2. The van der Waals surface area contributed by atoms with E-state index < -0.39 is 6.10 Å². The lowest BCUT2D eigenvalue weighted by atomic mass is 10.2. The molecule has 2 amide bonds. The SMILES string of the molecule is O=C(NCC(=O)N1CCC(O)C1)c1cccc(Cl)c1. The zero-order valence-electron chi connectivity index (χ0n) is 10.3. The fourth-order valence-electron chi connectivity index (χ4n) is 1.97. The van der Waals surface area contributed by atoms with E-state index in [1.807, 2.05) is 0 Å². The first-order valence-electron chi connectivity index (χ1n) is 6.06. The maximum atomic E-state index is 11.8. The van der Waals surface area contributed by atoms with Crippen LogP contribution in [0.15, 0.2) is 24.3 Å². The summed E-state index contributed by atoms with van der Waals surface area (Å²) in [5.74, 6) is -0.525. The Morgan fingerprint density at radius 3 is 2.89 bits per heavy atom. The monoisotopic (exact) mass is 282 g/mol. The van der Waals surface area contributed by atoms with Crippen molar-refractivity contribution in [1.29, 1.82) is 0 Å². The number of aliphatic hydroxyl groups is 1. The minimum atomic E-state index is -0.451. The number of likely N-dealkylation sites (tertiary alicyclic amines) is 1. The van der Waals surface area contributed by atoms with Gasteiger partial charge in [0.1, 0.15) is 0 Å². The van der Waals surface area contributed by atoms with Crippen molar-refractivity contribution >= 4 is 23.4 Å². The quantitative estimate of drug-likeness (QED) is 0.856. The van der Waals surface area contributed by atoms with Gasteiger partial charge in [-0.3, -0.25) is 9.59 Å². The molecule has 1 saturated heterocycles. The van der Waals surface area contributed by atoms with Gasteiger partial charge in [0.2, 0.25) is 5.91 Å². The average Bonchev–Trinajstić information content (AvgIpc) is 2.82. The minimum absolute atomic E-state index is 0.0714. The molecule has 5 nitrogen and oxygen atoms in total. The molecule has 0 spiro atoms. The van der Waals surface area contributed by atoms with E-state index in [9.17, 15) is 14.7 Å². The molecule has 1 fully saturated rings. The summed E-state index contributed by atoms with van der Waals surface area (Å²) in [4.78, 5) is 25.1. The van der Waals surface area contributed by atoms with Crippen LogP contribution in [-0.2, 0) is 4.79 Å². The number of hydrogen-bond donors (Lipinski definition) is 2. The molecule has 2 N–H and O–H groups in total.